The van der Waals surface area contributed by atoms with Crippen molar-refractivity contribution in [2.75, 3.05) is 19.8 Å². The molecular formula is C4H9ClFNO. The van der Waals surface area contributed by atoms with Crippen LogP contribution in [0.2, 0.25) is 0 Å². The molecule has 2 nitrogen and oxygen atoms in total. The highest BCUT2D eigenvalue weighted by Gasteiger charge is 2.33. The van der Waals surface area contributed by atoms with Gasteiger partial charge in [-0.25, -0.2) is 4.39 Å². The van der Waals surface area contributed by atoms with Crippen LogP contribution in [0.4, 0.5) is 4.39 Å². The van der Waals surface area contributed by atoms with Crippen LogP contribution in [-0.4, -0.2) is 30.5 Å². The number of rotatable bonds is 1. The highest BCUT2D eigenvalue weighted by Crippen LogP contribution is 2.09. The smallest absolute Gasteiger partial charge is 0.121 e. The Hall–Kier alpha value is 0.140. The van der Waals surface area contributed by atoms with Crippen LogP contribution in [-0.2, 0) is 0 Å². The summed E-state index contributed by atoms with van der Waals surface area (Å²) in [5.41, 5.74) is -1.01. The van der Waals surface area contributed by atoms with Crippen molar-refractivity contribution in [1.29, 1.82) is 0 Å². The molecule has 4 heteroatoms. The maximum atomic E-state index is 11.5. The van der Waals surface area contributed by atoms with Gasteiger partial charge in [0.2, 0.25) is 0 Å². The molecule has 0 amide bonds. The first-order chi connectivity index (χ1) is 3.27. The van der Waals surface area contributed by atoms with E-state index in [1.165, 1.54) is 0 Å². The van der Waals surface area contributed by atoms with Crippen LogP contribution >= 0.6 is 12.4 Å². The van der Waals surface area contributed by atoms with Crippen molar-refractivity contribution in [3.05, 3.63) is 0 Å². The summed E-state index contributed by atoms with van der Waals surface area (Å²) < 4.78 is 11.5. The van der Waals surface area contributed by atoms with Gasteiger partial charge in [0.1, 0.15) is 12.3 Å². The largest absolute Gasteiger partial charge is 0.384 e. The molecule has 0 atom stereocenters. The Bertz CT molecular complexity index is 70.9. The van der Waals surface area contributed by atoms with Gasteiger partial charge in [-0.3, -0.25) is 0 Å². The van der Waals surface area contributed by atoms with Crippen LogP contribution in [0.3, 0.4) is 0 Å². The van der Waals surface area contributed by atoms with Crippen LogP contribution in [0.5, 0.6) is 0 Å². The molecule has 0 unspecified atom stereocenters. The number of nitrogens with one attached hydrogen (secondary N) is 1. The van der Waals surface area contributed by atoms with Gasteiger partial charge < -0.3 is 10.4 Å². The molecule has 0 aliphatic carbocycles. The van der Waals surface area contributed by atoms with Crippen LogP contribution in [0.15, 0.2) is 0 Å². The van der Waals surface area contributed by atoms with Crippen LogP contribution in [0.1, 0.15) is 0 Å². The van der Waals surface area contributed by atoms with E-state index < -0.39 is 12.3 Å². The molecule has 0 bridgehead atoms. The molecule has 1 aliphatic heterocycles. The second-order valence-electron chi connectivity index (χ2n) is 1.96. The molecule has 0 radical (unpaired) electrons. The van der Waals surface area contributed by atoms with Crippen molar-refractivity contribution in [1.82, 2.24) is 5.32 Å². The number of hydrogen-bond donors (Lipinski definition) is 2. The molecule has 0 aromatic carbocycles. The van der Waals surface area contributed by atoms with Crippen LogP contribution < -0.4 is 5.32 Å². The standard InChI is InChI=1S/C4H8FNO.ClH/c5-1-4(7)2-6-3-4;/h6-7H,1-3H2;1H. The van der Waals surface area contributed by atoms with E-state index in [2.05, 4.69) is 5.32 Å². The van der Waals surface area contributed by atoms with Gasteiger partial charge in [0, 0.05) is 13.1 Å². The summed E-state index contributed by atoms with van der Waals surface area (Å²) in [6.45, 7) is 0.188. The highest BCUT2D eigenvalue weighted by atomic mass is 35.5. The normalized spacial score (nSPS) is 23.2. The van der Waals surface area contributed by atoms with Crippen molar-refractivity contribution in [3.8, 4) is 0 Å². The van der Waals surface area contributed by atoms with Crippen LogP contribution in [0.25, 0.3) is 0 Å². The number of alkyl halides is 1. The fourth-order valence-corrected chi connectivity index (χ4v) is 0.508. The molecule has 1 saturated heterocycles. The highest BCUT2D eigenvalue weighted by molar-refractivity contribution is 5.85. The maximum Gasteiger partial charge on any atom is 0.121 e. The van der Waals surface area contributed by atoms with Gasteiger partial charge in [-0.15, -0.1) is 12.4 Å². The zero-order chi connectivity index (χ0) is 5.33. The third-order valence-electron chi connectivity index (χ3n) is 1.16. The lowest BCUT2D eigenvalue weighted by atomic mass is 10.00. The zero-order valence-electron chi connectivity index (χ0n) is 4.35. The number of halogens is 2. The van der Waals surface area contributed by atoms with E-state index in [1.807, 2.05) is 0 Å². The summed E-state index contributed by atoms with van der Waals surface area (Å²) in [6.07, 6.45) is 0. The molecule has 1 fully saturated rings. The topological polar surface area (TPSA) is 32.3 Å². The lowest BCUT2D eigenvalue weighted by molar-refractivity contribution is -0.0294. The summed E-state index contributed by atoms with van der Waals surface area (Å²) in [5, 5.41) is 11.5. The second kappa shape index (κ2) is 2.62. The van der Waals surface area contributed by atoms with Gasteiger partial charge in [-0.05, 0) is 0 Å². The Morgan fingerprint density at radius 1 is 1.62 bits per heavy atom. The quantitative estimate of drug-likeness (QED) is 0.526. The summed E-state index contributed by atoms with van der Waals surface area (Å²) in [4.78, 5) is 0. The molecule has 0 spiro atoms. The van der Waals surface area contributed by atoms with Crippen molar-refractivity contribution >= 4 is 12.4 Å². The lowest BCUT2D eigenvalue weighted by Crippen LogP contribution is -2.60. The molecule has 1 heterocycles. The molecular weight excluding hydrogens is 133 g/mol. The van der Waals surface area contributed by atoms with E-state index in [-0.39, 0.29) is 12.4 Å². The summed E-state index contributed by atoms with van der Waals surface area (Å²) >= 11 is 0. The Labute approximate surface area is 53.5 Å². The maximum absolute atomic E-state index is 11.5. The minimum Gasteiger partial charge on any atom is -0.384 e. The van der Waals surface area contributed by atoms with Gasteiger partial charge in [0.15, 0.2) is 0 Å². The van der Waals surface area contributed by atoms with E-state index in [0.29, 0.717) is 13.1 Å². The summed E-state index contributed by atoms with van der Waals surface area (Å²) in [6, 6.07) is 0. The van der Waals surface area contributed by atoms with E-state index in [9.17, 15) is 4.39 Å². The van der Waals surface area contributed by atoms with Crippen molar-refractivity contribution in [2.24, 2.45) is 0 Å². The van der Waals surface area contributed by atoms with E-state index >= 15 is 0 Å². The Kier molecular flexibility index (Phi) is 2.66. The van der Waals surface area contributed by atoms with Gasteiger partial charge in [0.25, 0.3) is 0 Å². The Morgan fingerprint density at radius 3 is 2.12 bits per heavy atom. The van der Waals surface area contributed by atoms with E-state index in [1.54, 1.807) is 0 Å². The number of hydrogen-bond acceptors (Lipinski definition) is 2. The summed E-state index contributed by atoms with van der Waals surface area (Å²) in [7, 11) is 0. The fraction of sp³-hybridized carbons (Fsp3) is 1.00. The SMILES string of the molecule is Cl.OC1(CF)CNC1. The Morgan fingerprint density at radius 2 is 2.12 bits per heavy atom. The van der Waals surface area contributed by atoms with E-state index in [0.717, 1.165) is 0 Å². The predicted molar refractivity (Wildman–Crippen MR) is 31.0 cm³/mol. The van der Waals surface area contributed by atoms with Crippen LogP contribution in [0, 0.1) is 0 Å². The van der Waals surface area contributed by atoms with E-state index in [4.69, 9.17) is 5.11 Å². The molecule has 0 saturated carbocycles. The second-order valence-corrected chi connectivity index (χ2v) is 1.96. The van der Waals surface area contributed by atoms with Gasteiger partial charge >= 0.3 is 0 Å². The van der Waals surface area contributed by atoms with Crippen molar-refractivity contribution in [3.63, 3.8) is 0 Å². The fourth-order valence-electron chi connectivity index (χ4n) is 0.508. The minimum atomic E-state index is -1.01. The number of aliphatic hydroxyl groups is 1. The third kappa shape index (κ3) is 1.31. The first-order valence-corrected chi connectivity index (χ1v) is 2.26. The average Bonchev–Trinajstić information content (AvgIpc) is 1.61. The molecule has 0 aromatic heterocycles. The van der Waals surface area contributed by atoms with Gasteiger partial charge in [0.05, 0.1) is 0 Å². The van der Waals surface area contributed by atoms with Crippen molar-refractivity contribution < 1.29 is 9.50 Å². The lowest BCUT2D eigenvalue weighted by Gasteiger charge is -2.34. The minimum absolute atomic E-state index is 0. The first-order valence-electron chi connectivity index (χ1n) is 2.26. The summed E-state index contributed by atoms with van der Waals surface area (Å²) in [5.74, 6) is 0. The zero-order valence-corrected chi connectivity index (χ0v) is 5.17. The van der Waals surface area contributed by atoms with Gasteiger partial charge in [-0.2, -0.15) is 0 Å². The molecule has 1 rings (SSSR count). The molecule has 8 heavy (non-hydrogen) atoms. The number of β-amino-alcohol motifs (C(OH)–C–C–N with tert-alkyl or cyclic N) is 1. The first kappa shape index (κ1) is 8.14. The average molecular weight is 142 g/mol. The van der Waals surface area contributed by atoms with Crippen molar-refractivity contribution in [2.45, 2.75) is 5.60 Å². The molecule has 0 aromatic rings. The third-order valence-corrected chi connectivity index (χ3v) is 1.16. The molecule has 2 N–H and O–H groups in total. The van der Waals surface area contributed by atoms with Gasteiger partial charge in [-0.1, -0.05) is 0 Å². The monoisotopic (exact) mass is 141 g/mol. The molecule has 50 valence electrons. The predicted octanol–water partition coefficient (Wildman–Crippen LogP) is -0.288. The molecule has 1 aliphatic rings. The Balaban J connectivity index is 0.000000490.